The van der Waals surface area contributed by atoms with Crippen molar-refractivity contribution in [2.24, 2.45) is 7.05 Å². The van der Waals surface area contributed by atoms with Gasteiger partial charge in [0, 0.05) is 31.0 Å². The first-order valence-electron chi connectivity index (χ1n) is 9.76. The summed E-state index contributed by atoms with van der Waals surface area (Å²) in [6.07, 6.45) is 5.92. The fourth-order valence-electron chi connectivity index (χ4n) is 3.71. The Morgan fingerprint density at radius 1 is 1.07 bits per heavy atom. The van der Waals surface area contributed by atoms with E-state index in [1.807, 2.05) is 43.3 Å². The van der Waals surface area contributed by atoms with Gasteiger partial charge < -0.3 is 9.30 Å². The number of ether oxygens (including phenoxy) is 1. The van der Waals surface area contributed by atoms with Crippen LogP contribution in [0.2, 0.25) is 0 Å². The molecule has 0 spiro atoms. The minimum Gasteiger partial charge on any atom is -0.491 e. The molecule has 8 nitrogen and oxygen atoms in total. The highest BCUT2D eigenvalue weighted by molar-refractivity contribution is 5.75. The Morgan fingerprint density at radius 2 is 1.93 bits per heavy atom. The highest BCUT2D eigenvalue weighted by atomic mass is 16.5. The molecule has 0 unspecified atom stereocenters. The largest absolute Gasteiger partial charge is 0.491 e. The summed E-state index contributed by atoms with van der Waals surface area (Å²) in [5, 5.41) is 8.82. The molecule has 4 aromatic rings. The normalized spacial score (nSPS) is 13.1. The minimum absolute atomic E-state index is 0.209. The van der Waals surface area contributed by atoms with Gasteiger partial charge in [0.15, 0.2) is 5.82 Å². The number of rotatable bonds is 3. The molecule has 1 aliphatic heterocycles. The molecule has 1 aliphatic rings. The van der Waals surface area contributed by atoms with Crippen molar-refractivity contribution in [3.05, 3.63) is 42.6 Å². The lowest BCUT2D eigenvalue weighted by atomic mass is 10.0. The topological polar surface area (TPSA) is 75.6 Å². The quantitative estimate of drug-likeness (QED) is 0.536. The van der Waals surface area contributed by atoms with Crippen LogP contribution in [0.4, 0.5) is 0 Å². The molecule has 0 aliphatic carbocycles. The van der Waals surface area contributed by atoms with Crippen molar-refractivity contribution in [3.8, 4) is 39.8 Å². The van der Waals surface area contributed by atoms with Crippen LogP contribution in [0.15, 0.2) is 36.8 Å². The number of nitrogens with zero attached hydrogens (tertiary/aromatic N) is 7. The SMILES string of the molecule is Cc1nc(-c2cn3c(n2)-c2cc(-c4cnn(C)c4)ccc2OCC3)n(C(C)C)n1. The fraction of sp³-hybridized carbons (Fsp3) is 0.333. The van der Waals surface area contributed by atoms with Crippen LogP contribution in [0.3, 0.4) is 0 Å². The number of aryl methyl sites for hydroxylation is 2. The fourth-order valence-corrected chi connectivity index (χ4v) is 3.71. The number of aromatic nitrogens is 7. The third kappa shape index (κ3) is 3.00. The van der Waals surface area contributed by atoms with Crippen molar-refractivity contribution < 1.29 is 4.74 Å². The molecule has 0 fully saturated rings. The summed E-state index contributed by atoms with van der Waals surface area (Å²) in [5.74, 6) is 3.27. The molecule has 148 valence electrons. The lowest BCUT2D eigenvalue weighted by Gasteiger charge is -2.09. The Hall–Kier alpha value is -3.42. The van der Waals surface area contributed by atoms with E-state index in [0.29, 0.717) is 6.61 Å². The van der Waals surface area contributed by atoms with Crippen molar-refractivity contribution in [1.82, 2.24) is 34.1 Å². The molecule has 5 rings (SSSR count). The molecule has 0 saturated heterocycles. The second-order valence-corrected chi connectivity index (χ2v) is 7.63. The molecule has 0 saturated carbocycles. The van der Waals surface area contributed by atoms with Crippen LogP contribution < -0.4 is 4.74 Å². The molecule has 4 heterocycles. The summed E-state index contributed by atoms with van der Waals surface area (Å²) in [7, 11) is 1.92. The zero-order valence-electron chi connectivity index (χ0n) is 17.0. The molecule has 1 aromatic carbocycles. The number of benzene rings is 1. The molecule has 0 radical (unpaired) electrons. The number of fused-ring (bicyclic) bond motifs is 3. The predicted octanol–water partition coefficient (Wildman–Crippen LogP) is 3.49. The lowest BCUT2D eigenvalue weighted by Crippen LogP contribution is -2.06. The Bertz CT molecular complexity index is 1200. The average molecular weight is 389 g/mol. The molecular formula is C21H23N7O. The first-order valence-corrected chi connectivity index (χ1v) is 9.76. The smallest absolute Gasteiger partial charge is 0.178 e. The monoisotopic (exact) mass is 389 g/mol. The van der Waals surface area contributed by atoms with Gasteiger partial charge in [0.05, 0.1) is 18.3 Å². The van der Waals surface area contributed by atoms with Crippen molar-refractivity contribution in [3.63, 3.8) is 0 Å². The van der Waals surface area contributed by atoms with Crippen molar-refractivity contribution in [2.75, 3.05) is 6.61 Å². The van der Waals surface area contributed by atoms with Gasteiger partial charge >= 0.3 is 0 Å². The van der Waals surface area contributed by atoms with Gasteiger partial charge in [-0.15, -0.1) is 0 Å². The molecule has 0 atom stereocenters. The van der Waals surface area contributed by atoms with Gasteiger partial charge in [-0.25, -0.2) is 14.6 Å². The Morgan fingerprint density at radius 3 is 2.69 bits per heavy atom. The Balaban J connectivity index is 1.65. The molecule has 29 heavy (non-hydrogen) atoms. The average Bonchev–Trinajstić information content (AvgIpc) is 3.38. The van der Waals surface area contributed by atoms with E-state index < -0.39 is 0 Å². The van der Waals surface area contributed by atoms with E-state index in [-0.39, 0.29) is 6.04 Å². The van der Waals surface area contributed by atoms with Gasteiger partial charge in [-0.1, -0.05) is 6.07 Å². The Kier molecular flexibility index (Phi) is 4.01. The predicted molar refractivity (Wildman–Crippen MR) is 109 cm³/mol. The maximum Gasteiger partial charge on any atom is 0.178 e. The molecule has 0 N–H and O–H groups in total. The van der Waals surface area contributed by atoms with Gasteiger partial charge in [-0.3, -0.25) is 4.68 Å². The molecule has 8 heteroatoms. The first kappa shape index (κ1) is 17.7. The second-order valence-electron chi connectivity index (χ2n) is 7.63. The third-order valence-corrected chi connectivity index (χ3v) is 5.08. The summed E-state index contributed by atoms with van der Waals surface area (Å²) in [6, 6.07) is 6.41. The molecule has 3 aromatic heterocycles. The molecular weight excluding hydrogens is 366 g/mol. The van der Waals surface area contributed by atoms with E-state index in [9.17, 15) is 0 Å². The summed E-state index contributed by atoms with van der Waals surface area (Å²) in [4.78, 5) is 9.58. The van der Waals surface area contributed by atoms with Crippen molar-refractivity contribution in [2.45, 2.75) is 33.4 Å². The first-order chi connectivity index (χ1) is 14.0. The van der Waals surface area contributed by atoms with Crippen LogP contribution in [0.5, 0.6) is 5.75 Å². The number of hydrogen-bond donors (Lipinski definition) is 0. The number of hydrogen-bond acceptors (Lipinski definition) is 5. The van der Waals surface area contributed by atoms with Gasteiger partial charge in [0.2, 0.25) is 0 Å². The van der Waals surface area contributed by atoms with Crippen molar-refractivity contribution >= 4 is 0 Å². The summed E-state index contributed by atoms with van der Waals surface area (Å²) >= 11 is 0. The second kappa shape index (κ2) is 6.58. The summed E-state index contributed by atoms with van der Waals surface area (Å²) < 4.78 is 11.9. The number of imidazole rings is 1. The zero-order valence-corrected chi connectivity index (χ0v) is 17.0. The van der Waals surface area contributed by atoms with Crippen LogP contribution in [-0.2, 0) is 13.6 Å². The Labute approximate surface area is 168 Å². The van der Waals surface area contributed by atoms with E-state index in [0.717, 1.165) is 52.2 Å². The molecule has 0 amide bonds. The standard InChI is InChI=1S/C21H23N7O/c1-13(2)28-21(23-14(3)25-28)18-12-27-7-8-29-19-6-5-15(9-17(19)20(27)24-18)16-10-22-26(4)11-16/h5-6,9-13H,7-8H2,1-4H3. The maximum absolute atomic E-state index is 5.98. The van der Waals surface area contributed by atoms with Crippen LogP contribution in [0.1, 0.15) is 25.7 Å². The van der Waals surface area contributed by atoms with Crippen LogP contribution in [-0.4, -0.2) is 40.7 Å². The molecule has 0 bridgehead atoms. The van der Waals surface area contributed by atoms with E-state index in [1.165, 1.54) is 0 Å². The van der Waals surface area contributed by atoms with E-state index in [1.54, 1.807) is 4.68 Å². The highest BCUT2D eigenvalue weighted by Crippen LogP contribution is 2.36. The highest BCUT2D eigenvalue weighted by Gasteiger charge is 2.22. The van der Waals surface area contributed by atoms with Crippen LogP contribution in [0.25, 0.3) is 34.0 Å². The minimum atomic E-state index is 0.209. The third-order valence-electron chi connectivity index (χ3n) is 5.08. The van der Waals surface area contributed by atoms with Crippen LogP contribution >= 0.6 is 0 Å². The van der Waals surface area contributed by atoms with Gasteiger partial charge in [-0.05, 0) is 38.5 Å². The zero-order chi connectivity index (χ0) is 20.1. The summed E-state index contributed by atoms with van der Waals surface area (Å²) in [6.45, 7) is 7.43. The van der Waals surface area contributed by atoms with E-state index >= 15 is 0 Å². The van der Waals surface area contributed by atoms with Gasteiger partial charge in [0.1, 0.15) is 29.7 Å². The lowest BCUT2D eigenvalue weighted by molar-refractivity contribution is 0.306. The van der Waals surface area contributed by atoms with E-state index in [4.69, 9.17) is 9.72 Å². The maximum atomic E-state index is 5.98. The summed E-state index contributed by atoms with van der Waals surface area (Å²) in [5.41, 5.74) is 3.95. The van der Waals surface area contributed by atoms with Crippen molar-refractivity contribution in [1.29, 1.82) is 0 Å². The van der Waals surface area contributed by atoms with Crippen LogP contribution in [0, 0.1) is 6.92 Å². The van der Waals surface area contributed by atoms with Gasteiger partial charge in [0.25, 0.3) is 0 Å². The van der Waals surface area contributed by atoms with Gasteiger partial charge in [-0.2, -0.15) is 10.2 Å². The van der Waals surface area contributed by atoms with E-state index in [2.05, 4.69) is 45.7 Å².